The van der Waals surface area contributed by atoms with Crippen LogP contribution >= 0.6 is 0 Å². The Morgan fingerprint density at radius 1 is 1.29 bits per heavy atom. The van der Waals surface area contributed by atoms with Crippen molar-refractivity contribution in [2.45, 2.75) is 0 Å². The maximum Gasteiger partial charge on any atom is 0.338 e. The van der Waals surface area contributed by atoms with Crippen LogP contribution < -0.4 is 0 Å². The lowest BCUT2D eigenvalue weighted by atomic mass is 10.1. The number of carbonyl (C=O) groups is 1. The number of pyridine rings is 1. The molecule has 2 N–H and O–H groups in total. The van der Waals surface area contributed by atoms with E-state index < -0.39 is 17.3 Å². The minimum Gasteiger partial charge on any atom is -0.506 e. The van der Waals surface area contributed by atoms with Crippen LogP contribution in [0.15, 0.2) is 36.5 Å². The topological polar surface area (TPSA) is 70.4 Å². The summed E-state index contributed by atoms with van der Waals surface area (Å²) in [7, 11) is 0. The van der Waals surface area contributed by atoms with Gasteiger partial charge in [0, 0.05) is 11.8 Å². The molecule has 0 unspecified atom stereocenters. The average molecular weight is 233 g/mol. The molecule has 0 aliphatic heterocycles. The molecule has 1 heterocycles. The van der Waals surface area contributed by atoms with E-state index in [0.29, 0.717) is 5.56 Å². The molecule has 1 aromatic carbocycles. The highest BCUT2D eigenvalue weighted by Crippen LogP contribution is 2.27. The van der Waals surface area contributed by atoms with E-state index in [0.717, 1.165) is 12.1 Å². The Bertz CT molecular complexity index is 584. The predicted molar refractivity (Wildman–Crippen MR) is 58.3 cm³/mol. The molecule has 0 radical (unpaired) electrons. The van der Waals surface area contributed by atoms with Gasteiger partial charge in [-0.15, -0.1) is 0 Å². The molecule has 0 fully saturated rings. The number of aromatic nitrogens is 1. The van der Waals surface area contributed by atoms with Crippen LogP contribution in [0, 0.1) is 5.82 Å². The van der Waals surface area contributed by atoms with E-state index in [1.807, 2.05) is 0 Å². The summed E-state index contributed by atoms with van der Waals surface area (Å²) < 4.78 is 13.4. The summed E-state index contributed by atoms with van der Waals surface area (Å²) in [6.07, 6.45) is 1.46. The van der Waals surface area contributed by atoms with Gasteiger partial charge in [0.1, 0.15) is 17.3 Å². The van der Waals surface area contributed by atoms with Gasteiger partial charge in [-0.3, -0.25) is 4.98 Å². The van der Waals surface area contributed by atoms with Crippen molar-refractivity contribution in [1.82, 2.24) is 4.98 Å². The van der Waals surface area contributed by atoms with Crippen LogP contribution in [0.5, 0.6) is 5.75 Å². The third-order valence-electron chi connectivity index (χ3n) is 2.26. The summed E-state index contributed by atoms with van der Waals surface area (Å²) in [4.78, 5) is 14.5. The maximum atomic E-state index is 13.4. The molecule has 0 aliphatic carbocycles. The Morgan fingerprint density at radius 2 is 2.06 bits per heavy atom. The van der Waals surface area contributed by atoms with E-state index in [1.165, 1.54) is 18.3 Å². The minimum atomic E-state index is -1.33. The summed E-state index contributed by atoms with van der Waals surface area (Å²) >= 11 is 0. The first-order chi connectivity index (χ1) is 8.09. The van der Waals surface area contributed by atoms with Gasteiger partial charge in [-0.2, -0.15) is 0 Å². The molecule has 2 aromatic rings. The molecule has 0 aliphatic rings. The number of halogens is 1. The monoisotopic (exact) mass is 233 g/mol. The first-order valence-electron chi connectivity index (χ1n) is 4.77. The second-order valence-electron chi connectivity index (χ2n) is 3.37. The number of nitrogens with zero attached hydrogens (tertiary/aromatic N) is 1. The van der Waals surface area contributed by atoms with Crippen molar-refractivity contribution < 1.29 is 19.4 Å². The van der Waals surface area contributed by atoms with Gasteiger partial charge in [0.05, 0.1) is 5.56 Å². The summed E-state index contributed by atoms with van der Waals surface area (Å²) in [5.74, 6) is -2.28. The molecule has 2 rings (SSSR count). The van der Waals surface area contributed by atoms with Crippen molar-refractivity contribution in [2.75, 3.05) is 0 Å². The largest absolute Gasteiger partial charge is 0.506 e. The van der Waals surface area contributed by atoms with E-state index in [-0.39, 0.29) is 11.4 Å². The van der Waals surface area contributed by atoms with Gasteiger partial charge < -0.3 is 10.2 Å². The van der Waals surface area contributed by atoms with Crippen molar-refractivity contribution in [3.8, 4) is 17.0 Å². The fourth-order valence-electron chi connectivity index (χ4n) is 1.46. The molecular weight excluding hydrogens is 225 g/mol. The van der Waals surface area contributed by atoms with E-state index in [4.69, 9.17) is 5.11 Å². The molecule has 86 valence electrons. The minimum absolute atomic E-state index is 0.0880. The highest BCUT2D eigenvalue weighted by atomic mass is 19.1. The first kappa shape index (κ1) is 11.1. The molecule has 0 bridgehead atoms. The fourth-order valence-corrected chi connectivity index (χ4v) is 1.46. The number of aromatic carboxylic acids is 1. The molecule has 17 heavy (non-hydrogen) atoms. The van der Waals surface area contributed by atoms with Crippen molar-refractivity contribution in [2.24, 2.45) is 0 Å². The number of carboxylic acids is 1. The van der Waals surface area contributed by atoms with E-state index >= 15 is 0 Å². The zero-order chi connectivity index (χ0) is 12.4. The Kier molecular flexibility index (Phi) is 2.74. The quantitative estimate of drug-likeness (QED) is 0.834. The second-order valence-corrected chi connectivity index (χ2v) is 3.37. The number of carboxylic acid groups (broad SMARTS) is 1. The van der Waals surface area contributed by atoms with Crippen molar-refractivity contribution in [1.29, 1.82) is 0 Å². The third-order valence-corrected chi connectivity index (χ3v) is 2.26. The first-order valence-corrected chi connectivity index (χ1v) is 4.77. The SMILES string of the molecule is O=C(O)c1ccc(-c2ncccc2O)cc1F. The summed E-state index contributed by atoms with van der Waals surface area (Å²) in [5, 5.41) is 18.2. The van der Waals surface area contributed by atoms with Crippen LogP contribution in [0.25, 0.3) is 11.3 Å². The molecule has 0 saturated carbocycles. The maximum absolute atomic E-state index is 13.4. The number of aromatic hydroxyl groups is 1. The van der Waals surface area contributed by atoms with Crippen LogP contribution in [-0.4, -0.2) is 21.2 Å². The molecule has 1 aromatic heterocycles. The summed E-state index contributed by atoms with van der Waals surface area (Å²) in [6.45, 7) is 0. The standard InChI is InChI=1S/C12H8FNO3/c13-9-6-7(3-4-8(9)12(16)17)11-10(15)2-1-5-14-11/h1-6,15H,(H,16,17). The van der Waals surface area contributed by atoms with Gasteiger partial charge >= 0.3 is 5.97 Å². The van der Waals surface area contributed by atoms with Crippen molar-refractivity contribution in [3.05, 3.63) is 47.9 Å². The Hall–Kier alpha value is -2.43. The van der Waals surface area contributed by atoms with Gasteiger partial charge in [0.15, 0.2) is 0 Å². The zero-order valence-corrected chi connectivity index (χ0v) is 8.59. The van der Waals surface area contributed by atoms with Crippen LogP contribution in [-0.2, 0) is 0 Å². The zero-order valence-electron chi connectivity index (χ0n) is 8.59. The molecule has 4 nitrogen and oxygen atoms in total. The number of benzene rings is 1. The molecule has 0 atom stereocenters. The fraction of sp³-hybridized carbons (Fsp3) is 0. The van der Waals surface area contributed by atoms with Gasteiger partial charge in [0.25, 0.3) is 0 Å². The Morgan fingerprint density at radius 3 is 2.65 bits per heavy atom. The smallest absolute Gasteiger partial charge is 0.338 e. The van der Waals surface area contributed by atoms with Crippen molar-refractivity contribution in [3.63, 3.8) is 0 Å². The van der Waals surface area contributed by atoms with Crippen LogP contribution in [0.2, 0.25) is 0 Å². The number of hydrogen-bond acceptors (Lipinski definition) is 3. The van der Waals surface area contributed by atoms with Crippen LogP contribution in [0.3, 0.4) is 0 Å². The molecule has 5 heteroatoms. The highest BCUT2D eigenvalue weighted by molar-refractivity contribution is 5.88. The molecule has 0 saturated heterocycles. The van der Waals surface area contributed by atoms with Gasteiger partial charge in [-0.25, -0.2) is 9.18 Å². The van der Waals surface area contributed by atoms with Gasteiger partial charge in [-0.1, -0.05) is 6.07 Å². The molecule has 0 spiro atoms. The lowest BCUT2D eigenvalue weighted by molar-refractivity contribution is 0.0692. The molecular formula is C12H8FNO3. The third kappa shape index (κ3) is 2.08. The van der Waals surface area contributed by atoms with Gasteiger partial charge in [-0.05, 0) is 24.3 Å². The summed E-state index contributed by atoms with van der Waals surface area (Å²) in [6, 6.07) is 6.54. The van der Waals surface area contributed by atoms with Crippen LogP contribution in [0.4, 0.5) is 4.39 Å². The summed E-state index contributed by atoms with van der Waals surface area (Å²) in [5.41, 5.74) is 0.123. The molecule has 0 amide bonds. The average Bonchev–Trinajstić information content (AvgIpc) is 2.29. The van der Waals surface area contributed by atoms with E-state index in [9.17, 15) is 14.3 Å². The Labute approximate surface area is 96.0 Å². The number of rotatable bonds is 2. The Balaban J connectivity index is 2.52. The predicted octanol–water partition coefficient (Wildman–Crippen LogP) is 2.29. The van der Waals surface area contributed by atoms with E-state index in [2.05, 4.69) is 4.98 Å². The lowest BCUT2D eigenvalue weighted by Crippen LogP contribution is -2.00. The normalized spacial score (nSPS) is 10.2. The van der Waals surface area contributed by atoms with Gasteiger partial charge in [0.2, 0.25) is 0 Å². The van der Waals surface area contributed by atoms with Crippen LogP contribution in [0.1, 0.15) is 10.4 Å². The number of hydrogen-bond donors (Lipinski definition) is 2. The lowest BCUT2D eigenvalue weighted by Gasteiger charge is -2.04. The van der Waals surface area contributed by atoms with E-state index in [1.54, 1.807) is 6.07 Å². The van der Waals surface area contributed by atoms with Crippen molar-refractivity contribution >= 4 is 5.97 Å². The highest BCUT2D eigenvalue weighted by Gasteiger charge is 2.13. The second kappa shape index (κ2) is 4.21.